The van der Waals surface area contributed by atoms with Crippen LogP contribution in [-0.2, 0) is 22.4 Å². The van der Waals surface area contributed by atoms with Gasteiger partial charge in [-0.05, 0) is 75.3 Å². The van der Waals surface area contributed by atoms with Crippen LogP contribution in [-0.4, -0.2) is 28.8 Å². The summed E-state index contributed by atoms with van der Waals surface area (Å²) in [5, 5.41) is 11.9. The number of carbonyl (C=O) groups excluding carboxylic acids is 3. The Balaban J connectivity index is 1.70. The largest absolute Gasteiger partial charge is 0.349 e. The lowest BCUT2D eigenvalue weighted by molar-refractivity contribution is -0.118. The molecule has 142 valence electrons. The van der Waals surface area contributed by atoms with Crippen LogP contribution in [0.5, 0.6) is 0 Å². The number of amides is 2. The Morgan fingerprint density at radius 3 is 2.48 bits per heavy atom. The zero-order valence-electron chi connectivity index (χ0n) is 15.8. The van der Waals surface area contributed by atoms with Crippen molar-refractivity contribution in [3.05, 3.63) is 57.2 Å². The Hall–Kier alpha value is -2.73. The maximum Gasteiger partial charge on any atom is 0.274 e. The molecule has 1 atom stereocenters. The van der Waals surface area contributed by atoms with Crippen molar-refractivity contribution >= 4 is 17.6 Å². The van der Waals surface area contributed by atoms with Crippen LogP contribution in [0.3, 0.4) is 0 Å². The highest BCUT2D eigenvalue weighted by Crippen LogP contribution is 2.33. The second kappa shape index (κ2) is 7.48. The van der Waals surface area contributed by atoms with E-state index in [0.29, 0.717) is 29.6 Å². The van der Waals surface area contributed by atoms with Gasteiger partial charge in [0.05, 0.1) is 0 Å². The average Bonchev–Trinajstić information content (AvgIpc) is 2.95. The number of benzene rings is 1. The lowest BCUT2D eigenvalue weighted by Crippen LogP contribution is -2.39. The lowest BCUT2D eigenvalue weighted by atomic mass is 9.87. The number of ketones is 1. The highest BCUT2D eigenvalue weighted by atomic mass is 16.5. The lowest BCUT2D eigenvalue weighted by Gasteiger charge is -2.26. The molecular formula is C21H24N2O4. The number of carbonyl (C=O) groups is 3. The standard InChI is InChI=1S/C21H24N2O4/c1-11-8-18(12(2)19(11)13(3)24)21(26)22-17-7-6-14-9-16(20(25)23-27)5-4-15(14)10-17/h4-5,9,17,27H,6-8,10H2,1-3H3,(H,22,26)(H,23,25). The van der Waals surface area contributed by atoms with E-state index in [2.05, 4.69) is 5.32 Å². The van der Waals surface area contributed by atoms with Gasteiger partial charge in [-0.1, -0.05) is 11.6 Å². The average molecular weight is 368 g/mol. The Morgan fingerprint density at radius 2 is 1.85 bits per heavy atom. The number of nitrogens with one attached hydrogen (secondary N) is 2. The monoisotopic (exact) mass is 368 g/mol. The molecule has 6 heteroatoms. The first-order valence-corrected chi connectivity index (χ1v) is 9.09. The van der Waals surface area contributed by atoms with Crippen molar-refractivity contribution in [3.8, 4) is 0 Å². The van der Waals surface area contributed by atoms with E-state index >= 15 is 0 Å². The van der Waals surface area contributed by atoms with Crippen LogP contribution in [0, 0.1) is 0 Å². The van der Waals surface area contributed by atoms with E-state index in [4.69, 9.17) is 5.21 Å². The molecule has 2 aliphatic carbocycles. The molecule has 1 aromatic carbocycles. The SMILES string of the molecule is CC(=O)C1=C(C)CC(C(=O)NC2CCc3cc(C(=O)NO)ccc3C2)=C1C. The fraction of sp³-hybridized carbons (Fsp3) is 0.381. The summed E-state index contributed by atoms with van der Waals surface area (Å²) in [7, 11) is 0. The van der Waals surface area contributed by atoms with Gasteiger partial charge >= 0.3 is 0 Å². The van der Waals surface area contributed by atoms with Gasteiger partial charge < -0.3 is 5.32 Å². The van der Waals surface area contributed by atoms with Crippen LogP contribution in [0.2, 0.25) is 0 Å². The Morgan fingerprint density at radius 1 is 1.11 bits per heavy atom. The minimum atomic E-state index is -0.527. The van der Waals surface area contributed by atoms with Gasteiger partial charge in [-0.2, -0.15) is 0 Å². The van der Waals surface area contributed by atoms with Gasteiger partial charge in [-0.25, -0.2) is 5.48 Å². The molecule has 0 radical (unpaired) electrons. The van der Waals surface area contributed by atoms with Crippen LogP contribution < -0.4 is 10.8 Å². The summed E-state index contributed by atoms with van der Waals surface area (Å²) in [6.07, 6.45) is 2.75. The van der Waals surface area contributed by atoms with Crippen LogP contribution in [0.4, 0.5) is 0 Å². The molecule has 1 unspecified atom stereocenters. The van der Waals surface area contributed by atoms with Crippen molar-refractivity contribution < 1.29 is 19.6 Å². The molecule has 1 aromatic rings. The molecule has 2 amide bonds. The normalized spacial score (nSPS) is 19.0. The third kappa shape index (κ3) is 3.71. The van der Waals surface area contributed by atoms with Crippen molar-refractivity contribution in [1.82, 2.24) is 10.8 Å². The number of Topliss-reactive ketones (excluding diaryl/α,β-unsaturated/α-hetero) is 1. The van der Waals surface area contributed by atoms with Crippen molar-refractivity contribution in [2.45, 2.75) is 52.5 Å². The summed E-state index contributed by atoms with van der Waals surface area (Å²) in [6.45, 7) is 5.27. The Bertz CT molecular complexity index is 895. The van der Waals surface area contributed by atoms with E-state index in [-0.39, 0.29) is 17.7 Å². The first-order valence-electron chi connectivity index (χ1n) is 9.09. The molecule has 2 aliphatic rings. The molecule has 0 spiro atoms. The smallest absolute Gasteiger partial charge is 0.274 e. The summed E-state index contributed by atoms with van der Waals surface area (Å²) < 4.78 is 0. The van der Waals surface area contributed by atoms with E-state index in [0.717, 1.165) is 35.1 Å². The van der Waals surface area contributed by atoms with Gasteiger partial charge in [0.15, 0.2) is 5.78 Å². The van der Waals surface area contributed by atoms with Crippen molar-refractivity contribution in [2.75, 3.05) is 0 Å². The number of hydrogen-bond donors (Lipinski definition) is 3. The van der Waals surface area contributed by atoms with Crippen molar-refractivity contribution in [2.24, 2.45) is 0 Å². The number of allylic oxidation sites excluding steroid dienone is 3. The van der Waals surface area contributed by atoms with Gasteiger partial charge in [-0.15, -0.1) is 0 Å². The van der Waals surface area contributed by atoms with E-state index in [9.17, 15) is 14.4 Å². The van der Waals surface area contributed by atoms with Gasteiger partial charge in [-0.3, -0.25) is 19.6 Å². The minimum Gasteiger partial charge on any atom is -0.349 e. The summed E-state index contributed by atoms with van der Waals surface area (Å²) in [5.41, 5.74) is 7.32. The third-order valence-electron chi connectivity index (χ3n) is 5.46. The fourth-order valence-electron chi connectivity index (χ4n) is 4.13. The highest BCUT2D eigenvalue weighted by molar-refractivity contribution is 6.05. The maximum atomic E-state index is 12.7. The van der Waals surface area contributed by atoms with Crippen molar-refractivity contribution in [3.63, 3.8) is 0 Å². The fourth-order valence-corrected chi connectivity index (χ4v) is 4.13. The molecule has 0 aliphatic heterocycles. The molecule has 0 fully saturated rings. The van der Waals surface area contributed by atoms with Crippen molar-refractivity contribution in [1.29, 1.82) is 0 Å². The predicted molar refractivity (Wildman–Crippen MR) is 100 cm³/mol. The molecular weight excluding hydrogens is 344 g/mol. The van der Waals surface area contributed by atoms with E-state index in [1.807, 2.05) is 19.9 Å². The van der Waals surface area contributed by atoms with Crippen LogP contribution >= 0.6 is 0 Å². The third-order valence-corrected chi connectivity index (χ3v) is 5.46. The highest BCUT2D eigenvalue weighted by Gasteiger charge is 2.28. The second-order valence-electron chi connectivity index (χ2n) is 7.33. The molecule has 0 aromatic heterocycles. The van der Waals surface area contributed by atoms with Crippen LogP contribution in [0.25, 0.3) is 0 Å². The van der Waals surface area contributed by atoms with Gasteiger partial charge in [0, 0.05) is 22.8 Å². The maximum absolute atomic E-state index is 12.7. The number of aryl methyl sites for hydroxylation is 1. The van der Waals surface area contributed by atoms with E-state index in [1.165, 1.54) is 6.92 Å². The first kappa shape index (κ1) is 19.0. The zero-order chi connectivity index (χ0) is 19.7. The van der Waals surface area contributed by atoms with Crippen LogP contribution in [0.1, 0.15) is 55.1 Å². The van der Waals surface area contributed by atoms with Crippen LogP contribution in [0.15, 0.2) is 40.5 Å². The topological polar surface area (TPSA) is 95.5 Å². The number of hydrogen-bond acceptors (Lipinski definition) is 4. The molecule has 27 heavy (non-hydrogen) atoms. The second-order valence-corrected chi connectivity index (χ2v) is 7.33. The zero-order valence-corrected chi connectivity index (χ0v) is 15.8. The van der Waals surface area contributed by atoms with E-state index < -0.39 is 5.91 Å². The Labute approximate surface area is 158 Å². The quantitative estimate of drug-likeness (QED) is 0.562. The first-order chi connectivity index (χ1) is 12.8. The summed E-state index contributed by atoms with van der Waals surface area (Å²) in [4.78, 5) is 36.1. The summed E-state index contributed by atoms with van der Waals surface area (Å²) in [6, 6.07) is 5.35. The van der Waals surface area contributed by atoms with Gasteiger partial charge in [0.2, 0.25) is 5.91 Å². The number of rotatable bonds is 4. The minimum absolute atomic E-state index is 0.00196. The predicted octanol–water partition coefficient (Wildman–Crippen LogP) is 2.40. The van der Waals surface area contributed by atoms with E-state index in [1.54, 1.807) is 17.6 Å². The number of fused-ring (bicyclic) bond motifs is 1. The van der Waals surface area contributed by atoms with Gasteiger partial charge in [0.1, 0.15) is 0 Å². The Kier molecular flexibility index (Phi) is 5.28. The molecule has 6 nitrogen and oxygen atoms in total. The molecule has 3 N–H and O–H groups in total. The molecule has 0 bridgehead atoms. The summed E-state index contributed by atoms with van der Waals surface area (Å²) >= 11 is 0. The molecule has 0 saturated carbocycles. The number of hydroxylamine groups is 1. The molecule has 0 heterocycles. The molecule has 3 rings (SSSR count). The van der Waals surface area contributed by atoms with Gasteiger partial charge in [0.25, 0.3) is 5.91 Å². The molecule has 0 saturated heterocycles. The summed E-state index contributed by atoms with van der Waals surface area (Å²) in [5.74, 6) is -0.629.